The first kappa shape index (κ1) is 18.6. The normalized spacial score (nSPS) is 12.2. The van der Waals surface area contributed by atoms with E-state index in [-0.39, 0.29) is 11.9 Å². The van der Waals surface area contributed by atoms with E-state index in [2.05, 4.69) is 10.4 Å². The van der Waals surface area contributed by atoms with Crippen LogP contribution in [-0.2, 0) is 11.8 Å². The Balaban J connectivity index is 2.13. The number of methoxy groups -OCH3 is 2. The van der Waals surface area contributed by atoms with Crippen LogP contribution in [0.25, 0.3) is 6.08 Å². The highest BCUT2D eigenvalue weighted by Crippen LogP contribution is 2.29. The first-order chi connectivity index (χ1) is 11.9. The highest BCUT2D eigenvalue weighted by molar-refractivity contribution is 5.92. The fraction of sp³-hybridized carbons (Fsp3) is 0.368. The van der Waals surface area contributed by atoms with Gasteiger partial charge in [-0.1, -0.05) is 0 Å². The number of nitrogens with zero attached hydrogens (tertiary/aromatic N) is 2. The molecule has 1 aromatic carbocycles. The van der Waals surface area contributed by atoms with E-state index in [4.69, 9.17) is 9.47 Å². The number of aromatic nitrogens is 2. The van der Waals surface area contributed by atoms with Gasteiger partial charge >= 0.3 is 0 Å². The minimum atomic E-state index is -0.224. The number of aryl methyl sites for hydroxylation is 2. The molecule has 2 aromatic rings. The third-order valence-corrected chi connectivity index (χ3v) is 4.23. The molecule has 0 saturated heterocycles. The van der Waals surface area contributed by atoms with Gasteiger partial charge in [0.25, 0.3) is 0 Å². The second-order valence-corrected chi connectivity index (χ2v) is 5.88. The van der Waals surface area contributed by atoms with Crippen molar-refractivity contribution in [1.29, 1.82) is 0 Å². The molecule has 6 heteroatoms. The van der Waals surface area contributed by atoms with Gasteiger partial charge in [0.1, 0.15) is 11.5 Å². The highest BCUT2D eigenvalue weighted by atomic mass is 16.5. The summed E-state index contributed by atoms with van der Waals surface area (Å²) in [5.41, 5.74) is 3.73. The molecule has 25 heavy (non-hydrogen) atoms. The third-order valence-electron chi connectivity index (χ3n) is 4.23. The Kier molecular flexibility index (Phi) is 5.85. The first-order valence-corrected chi connectivity index (χ1v) is 8.08. The van der Waals surface area contributed by atoms with E-state index >= 15 is 0 Å². The van der Waals surface area contributed by atoms with Crippen LogP contribution in [0.1, 0.15) is 35.5 Å². The van der Waals surface area contributed by atoms with Gasteiger partial charge in [0.2, 0.25) is 5.91 Å². The molecule has 1 unspecified atom stereocenters. The topological polar surface area (TPSA) is 65.4 Å². The number of benzene rings is 1. The summed E-state index contributed by atoms with van der Waals surface area (Å²) >= 11 is 0. The Morgan fingerprint density at radius 3 is 2.56 bits per heavy atom. The van der Waals surface area contributed by atoms with Gasteiger partial charge < -0.3 is 14.8 Å². The summed E-state index contributed by atoms with van der Waals surface area (Å²) in [4.78, 5) is 12.3. The molecule has 0 aliphatic carbocycles. The van der Waals surface area contributed by atoms with E-state index in [0.29, 0.717) is 11.5 Å². The zero-order valence-electron chi connectivity index (χ0n) is 15.6. The van der Waals surface area contributed by atoms with Gasteiger partial charge in [-0.05, 0) is 45.0 Å². The average molecular weight is 343 g/mol. The van der Waals surface area contributed by atoms with Crippen molar-refractivity contribution >= 4 is 12.0 Å². The minimum absolute atomic E-state index is 0.181. The zero-order valence-corrected chi connectivity index (χ0v) is 15.6. The lowest BCUT2D eigenvalue weighted by molar-refractivity contribution is -0.117. The minimum Gasteiger partial charge on any atom is -0.497 e. The number of ether oxygens (including phenoxy) is 2. The van der Waals surface area contributed by atoms with Crippen LogP contribution in [0.15, 0.2) is 24.3 Å². The molecular weight excluding hydrogens is 318 g/mol. The summed E-state index contributed by atoms with van der Waals surface area (Å²) in [7, 11) is 5.10. The van der Waals surface area contributed by atoms with Gasteiger partial charge in [-0.3, -0.25) is 9.48 Å². The predicted molar refractivity (Wildman–Crippen MR) is 97.8 cm³/mol. The van der Waals surface area contributed by atoms with Crippen molar-refractivity contribution in [2.24, 2.45) is 7.05 Å². The van der Waals surface area contributed by atoms with E-state index in [1.807, 2.05) is 46.0 Å². The number of amides is 1. The number of rotatable bonds is 6. The first-order valence-electron chi connectivity index (χ1n) is 8.08. The molecule has 1 aromatic heterocycles. The van der Waals surface area contributed by atoms with Crippen LogP contribution in [0.2, 0.25) is 0 Å². The van der Waals surface area contributed by atoms with Crippen LogP contribution in [0, 0.1) is 13.8 Å². The SMILES string of the molecule is COc1ccc(OC)c(C(C)NC(=O)/C=C/c2c(C)nn(C)c2C)c1. The van der Waals surface area contributed by atoms with Crippen molar-refractivity contribution in [1.82, 2.24) is 15.1 Å². The van der Waals surface area contributed by atoms with E-state index in [1.165, 1.54) is 6.08 Å². The van der Waals surface area contributed by atoms with Crippen LogP contribution in [0.3, 0.4) is 0 Å². The fourth-order valence-electron chi connectivity index (χ4n) is 2.71. The molecule has 0 fully saturated rings. The lowest BCUT2D eigenvalue weighted by atomic mass is 10.1. The van der Waals surface area contributed by atoms with Gasteiger partial charge in [0.15, 0.2) is 0 Å². The lowest BCUT2D eigenvalue weighted by Gasteiger charge is -2.17. The fourth-order valence-corrected chi connectivity index (χ4v) is 2.71. The van der Waals surface area contributed by atoms with Gasteiger partial charge in [-0.2, -0.15) is 5.10 Å². The molecule has 1 amide bonds. The number of nitrogens with one attached hydrogen (secondary N) is 1. The van der Waals surface area contributed by atoms with Gasteiger partial charge in [-0.25, -0.2) is 0 Å². The Hall–Kier alpha value is -2.76. The molecule has 2 rings (SSSR count). The van der Waals surface area contributed by atoms with E-state index in [1.54, 1.807) is 25.0 Å². The van der Waals surface area contributed by atoms with Crippen LogP contribution >= 0.6 is 0 Å². The van der Waals surface area contributed by atoms with Crippen molar-refractivity contribution < 1.29 is 14.3 Å². The molecule has 134 valence electrons. The maximum absolute atomic E-state index is 12.3. The van der Waals surface area contributed by atoms with Gasteiger partial charge in [0.05, 0.1) is 26.0 Å². The number of hydrogen-bond donors (Lipinski definition) is 1. The molecule has 6 nitrogen and oxygen atoms in total. The molecule has 1 N–H and O–H groups in total. The van der Waals surface area contributed by atoms with Crippen LogP contribution in [0.4, 0.5) is 0 Å². The molecule has 1 heterocycles. The second-order valence-electron chi connectivity index (χ2n) is 5.88. The Labute approximate surface area is 148 Å². The van der Waals surface area contributed by atoms with E-state index in [9.17, 15) is 4.79 Å². The maximum atomic E-state index is 12.3. The summed E-state index contributed by atoms with van der Waals surface area (Å²) in [5, 5.41) is 7.29. The predicted octanol–water partition coefficient (Wildman–Crippen LogP) is 2.94. The second kappa shape index (κ2) is 7.88. The maximum Gasteiger partial charge on any atom is 0.244 e. The van der Waals surface area contributed by atoms with Crippen LogP contribution < -0.4 is 14.8 Å². The molecule has 1 atom stereocenters. The van der Waals surface area contributed by atoms with Crippen molar-refractivity contribution in [3.63, 3.8) is 0 Å². The van der Waals surface area contributed by atoms with Gasteiger partial charge in [0, 0.05) is 29.9 Å². The summed E-state index contributed by atoms with van der Waals surface area (Å²) in [5.74, 6) is 1.24. The largest absolute Gasteiger partial charge is 0.497 e. The number of carbonyl (C=O) groups is 1. The Bertz CT molecular complexity index is 793. The van der Waals surface area contributed by atoms with Crippen molar-refractivity contribution in [3.05, 3.63) is 46.8 Å². The van der Waals surface area contributed by atoms with Crippen molar-refractivity contribution in [2.75, 3.05) is 14.2 Å². The van der Waals surface area contributed by atoms with E-state index < -0.39 is 0 Å². The molecule has 0 aliphatic heterocycles. The molecular formula is C19H25N3O3. The molecule has 0 saturated carbocycles. The van der Waals surface area contributed by atoms with Gasteiger partial charge in [-0.15, -0.1) is 0 Å². The Morgan fingerprint density at radius 1 is 1.28 bits per heavy atom. The standard InChI is InChI=1S/C19H25N3O3/c1-12(17-11-15(24-5)7-9-18(17)25-6)20-19(23)10-8-16-13(2)21-22(4)14(16)3/h7-12H,1-6H3,(H,20,23)/b10-8+. The van der Waals surface area contributed by atoms with Crippen molar-refractivity contribution in [2.45, 2.75) is 26.8 Å². The van der Waals surface area contributed by atoms with E-state index in [0.717, 1.165) is 22.5 Å². The molecule has 0 bridgehead atoms. The Morgan fingerprint density at radius 2 is 2.00 bits per heavy atom. The monoisotopic (exact) mass is 343 g/mol. The lowest BCUT2D eigenvalue weighted by Crippen LogP contribution is -2.25. The highest BCUT2D eigenvalue weighted by Gasteiger charge is 2.14. The summed E-state index contributed by atoms with van der Waals surface area (Å²) in [6, 6.07) is 5.29. The summed E-state index contributed by atoms with van der Waals surface area (Å²) < 4.78 is 12.4. The molecule has 0 aliphatic rings. The number of carbonyl (C=O) groups excluding carboxylic acids is 1. The molecule has 0 radical (unpaired) electrons. The summed E-state index contributed by atoms with van der Waals surface area (Å²) in [6.45, 7) is 5.80. The zero-order chi connectivity index (χ0) is 18.6. The average Bonchev–Trinajstić information content (AvgIpc) is 2.84. The third kappa shape index (κ3) is 4.21. The smallest absolute Gasteiger partial charge is 0.244 e. The number of hydrogen-bond acceptors (Lipinski definition) is 4. The quantitative estimate of drug-likeness (QED) is 0.819. The molecule has 0 spiro atoms. The van der Waals surface area contributed by atoms with Crippen LogP contribution in [0.5, 0.6) is 11.5 Å². The van der Waals surface area contributed by atoms with Crippen LogP contribution in [-0.4, -0.2) is 29.9 Å². The summed E-state index contributed by atoms with van der Waals surface area (Å²) in [6.07, 6.45) is 3.32. The van der Waals surface area contributed by atoms with Crippen molar-refractivity contribution in [3.8, 4) is 11.5 Å².